The van der Waals surface area contributed by atoms with Gasteiger partial charge in [0, 0.05) is 30.4 Å². The van der Waals surface area contributed by atoms with E-state index in [4.69, 9.17) is 5.73 Å². The maximum Gasteiger partial charge on any atom is 0.251 e. The van der Waals surface area contributed by atoms with Crippen molar-refractivity contribution in [1.82, 2.24) is 10.2 Å². The van der Waals surface area contributed by atoms with Crippen LogP contribution in [-0.4, -0.2) is 36.5 Å². The monoisotopic (exact) mass is 275 g/mol. The molecule has 110 valence electrons. The Morgan fingerprint density at radius 2 is 2.30 bits per heavy atom. The number of carbonyl (C=O) groups is 1. The Morgan fingerprint density at radius 3 is 3.00 bits per heavy atom. The van der Waals surface area contributed by atoms with Crippen LogP contribution in [0, 0.1) is 5.92 Å². The second kappa shape index (κ2) is 6.75. The highest BCUT2D eigenvalue weighted by Crippen LogP contribution is 2.18. The fourth-order valence-corrected chi connectivity index (χ4v) is 2.75. The number of amides is 1. The molecule has 0 radical (unpaired) electrons. The Balaban J connectivity index is 1.84. The van der Waals surface area contributed by atoms with Crippen molar-refractivity contribution in [2.45, 2.75) is 32.7 Å². The van der Waals surface area contributed by atoms with E-state index in [9.17, 15) is 4.79 Å². The summed E-state index contributed by atoms with van der Waals surface area (Å²) < 4.78 is 0. The first-order chi connectivity index (χ1) is 9.56. The lowest BCUT2D eigenvalue weighted by molar-refractivity contribution is 0.0922. The van der Waals surface area contributed by atoms with Crippen LogP contribution in [0.15, 0.2) is 24.3 Å². The predicted molar refractivity (Wildman–Crippen MR) is 82.6 cm³/mol. The Bertz CT molecular complexity index is 459. The number of benzene rings is 1. The van der Waals surface area contributed by atoms with E-state index in [0.29, 0.717) is 23.2 Å². The summed E-state index contributed by atoms with van der Waals surface area (Å²) in [6.07, 6.45) is 2.41. The molecule has 1 unspecified atom stereocenters. The lowest BCUT2D eigenvalue weighted by Crippen LogP contribution is -2.43. The number of hydrogen-bond acceptors (Lipinski definition) is 3. The van der Waals surface area contributed by atoms with Crippen LogP contribution in [0.2, 0.25) is 0 Å². The Morgan fingerprint density at radius 1 is 1.50 bits per heavy atom. The maximum atomic E-state index is 12.1. The van der Waals surface area contributed by atoms with Crippen LogP contribution in [-0.2, 0) is 0 Å². The van der Waals surface area contributed by atoms with Gasteiger partial charge in [-0.3, -0.25) is 4.79 Å². The first-order valence-corrected chi connectivity index (χ1v) is 7.44. The summed E-state index contributed by atoms with van der Waals surface area (Å²) in [5.41, 5.74) is 6.97. The lowest BCUT2D eigenvalue weighted by atomic mass is 9.97. The van der Waals surface area contributed by atoms with Gasteiger partial charge in [0.2, 0.25) is 0 Å². The summed E-state index contributed by atoms with van der Waals surface area (Å²) in [6.45, 7) is 7.46. The van der Waals surface area contributed by atoms with Crippen molar-refractivity contribution >= 4 is 11.6 Å². The molecule has 1 atom stereocenters. The second-order valence-electron chi connectivity index (χ2n) is 5.93. The molecular weight excluding hydrogens is 250 g/mol. The second-order valence-corrected chi connectivity index (χ2v) is 5.93. The van der Waals surface area contributed by atoms with Crippen LogP contribution in [0.4, 0.5) is 5.69 Å². The molecule has 1 heterocycles. The minimum Gasteiger partial charge on any atom is -0.399 e. The molecule has 1 aliphatic heterocycles. The number of nitrogens with one attached hydrogen (secondary N) is 1. The molecule has 0 saturated carbocycles. The van der Waals surface area contributed by atoms with Crippen molar-refractivity contribution < 1.29 is 4.79 Å². The van der Waals surface area contributed by atoms with Crippen molar-refractivity contribution in [3.8, 4) is 0 Å². The summed E-state index contributed by atoms with van der Waals surface area (Å²) in [5.74, 6) is 0.523. The van der Waals surface area contributed by atoms with E-state index < -0.39 is 0 Å². The predicted octanol–water partition coefficient (Wildman–Crippen LogP) is 2.12. The van der Waals surface area contributed by atoms with Crippen LogP contribution >= 0.6 is 0 Å². The molecule has 0 aliphatic carbocycles. The van der Waals surface area contributed by atoms with Crippen LogP contribution in [0.5, 0.6) is 0 Å². The molecule has 1 aromatic rings. The first kappa shape index (κ1) is 14.9. The number of likely N-dealkylation sites (tertiary alicyclic amines) is 1. The van der Waals surface area contributed by atoms with E-state index in [1.165, 1.54) is 19.4 Å². The zero-order valence-electron chi connectivity index (χ0n) is 12.4. The highest BCUT2D eigenvalue weighted by Gasteiger charge is 2.22. The minimum atomic E-state index is -0.0287. The molecule has 1 amide bonds. The molecule has 4 nitrogen and oxygen atoms in total. The molecule has 0 bridgehead atoms. The van der Waals surface area contributed by atoms with Gasteiger partial charge < -0.3 is 16.0 Å². The van der Waals surface area contributed by atoms with Gasteiger partial charge in [0.25, 0.3) is 5.91 Å². The summed E-state index contributed by atoms with van der Waals surface area (Å²) in [7, 11) is 0. The number of carbonyl (C=O) groups excluding carboxylic acids is 1. The fourth-order valence-electron chi connectivity index (χ4n) is 2.75. The average Bonchev–Trinajstić information content (AvgIpc) is 2.45. The number of rotatable bonds is 4. The van der Waals surface area contributed by atoms with Gasteiger partial charge in [0.05, 0.1) is 0 Å². The van der Waals surface area contributed by atoms with Crippen LogP contribution in [0.3, 0.4) is 0 Å². The van der Waals surface area contributed by atoms with Gasteiger partial charge in [-0.15, -0.1) is 0 Å². The van der Waals surface area contributed by atoms with Gasteiger partial charge in [0.1, 0.15) is 0 Å². The fraction of sp³-hybridized carbons (Fsp3) is 0.562. The largest absolute Gasteiger partial charge is 0.399 e. The molecule has 3 N–H and O–H groups in total. The van der Waals surface area contributed by atoms with Gasteiger partial charge >= 0.3 is 0 Å². The number of anilines is 1. The molecule has 0 aromatic heterocycles. The van der Waals surface area contributed by atoms with Crippen molar-refractivity contribution in [3.05, 3.63) is 29.8 Å². The summed E-state index contributed by atoms with van der Waals surface area (Å²) in [6, 6.07) is 7.70. The SMILES string of the molecule is CC(C)N1CCCC(CNC(=O)c2cccc(N)c2)C1. The molecule has 4 heteroatoms. The summed E-state index contributed by atoms with van der Waals surface area (Å²) in [4.78, 5) is 14.6. The number of hydrogen-bond donors (Lipinski definition) is 2. The summed E-state index contributed by atoms with van der Waals surface area (Å²) >= 11 is 0. The van der Waals surface area contributed by atoms with E-state index in [1.807, 2.05) is 6.07 Å². The maximum absolute atomic E-state index is 12.1. The van der Waals surface area contributed by atoms with E-state index in [-0.39, 0.29) is 5.91 Å². The van der Waals surface area contributed by atoms with Gasteiger partial charge in [-0.2, -0.15) is 0 Å². The van der Waals surface area contributed by atoms with Gasteiger partial charge in [-0.05, 0) is 57.4 Å². The van der Waals surface area contributed by atoms with Crippen molar-refractivity contribution in [2.24, 2.45) is 5.92 Å². The van der Waals surface area contributed by atoms with Crippen molar-refractivity contribution in [1.29, 1.82) is 0 Å². The smallest absolute Gasteiger partial charge is 0.251 e. The zero-order valence-corrected chi connectivity index (χ0v) is 12.4. The topological polar surface area (TPSA) is 58.4 Å². The third kappa shape index (κ3) is 3.97. The normalized spacial score (nSPS) is 20.1. The van der Waals surface area contributed by atoms with Crippen LogP contribution < -0.4 is 11.1 Å². The number of nitrogens with two attached hydrogens (primary N) is 1. The molecule has 1 aliphatic rings. The minimum absolute atomic E-state index is 0.0287. The van der Waals surface area contributed by atoms with Crippen molar-refractivity contribution in [3.63, 3.8) is 0 Å². The van der Waals surface area contributed by atoms with Crippen LogP contribution in [0.25, 0.3) is 0 Å². The van der Waals surface area contributed by atoms with Gasteiger partial charge in [-0.1, -0.05) is 6.07 Å². The Kier molecular flexibility index (Phi) is 5.01. The zero-order chi connectivity index (χ0) is 14.5. The van der Waals surface area contributed by atoms with E-state index in [0.717, 1.165) is 13.1 Å². The van der Waals surface area contributed by atoms with Gasteiger partial charge in [0.15, 0.2) is 0 Å². The average molecular weight is 275 g/mol. The lowest BCUT2D eigenvalue weighted by Gasteiger charge is -2.35. The number of nitrogen functional groups attached to an aromatic ring is 1. The number of nitrogens with zero attached hydrogens (tertiary/aromatic N) is 1. The standard InChI is InChI=1S/C16H25N3O/c1-12(2)19-8-4-5-13(11-19)10-18-16(20)14-6-3-7-15(17)9-14/h3,6-7,9,12-13H,4-5,8,10-11,17H2,1-2H3,(H,18,20). The van der Waals surface area contributed by atoms with Crippen LogP contribution in [0.1, 0.15) is 37.0 Å². The van der Waals surface area contributed by atoms with E-state index in [2.05, 4.69) is 24.1 Å². The first-order valence-electron chi connectivity index (χ1n) is 7.44. The highest BCUT2D eigenvalue weighted by molar-refractivity contribution is 5.94. The molecular formula is C16H25N3O. The third-order valence-corrected chi connectivity index (χ3v) is 3.98. The van der Waals surface area contributed by atoms with E-state index in [1.54, 1.807) is 18.2 Å². The van der Waals surface area contributed by atoms with Crippen molar-refractivity contribution in [2.75, 3.05) is 25.4 Å². The van der Waals surface area contributed by atoms with Gasteiger partial charge in [-0.25, -0.2) is 0 Å². The molecule has 2 rings (SSSR count). The molecule has 1 saturated heterocycles. The van der Waals surface area contributed by atoms with E-state index >= 15 is 0 Å². The Labute approximate surface area is 121 Å². The molecule has 1 aromatic carbocycles. The molecule has 1 fully saturated rings. The number of piperidine rings is 1. The summed E-state index contributed by atoms with van der Waals surface area (Å²) in [5, 5.41) is 3.03. The Hall–Kier alpha value is -1.55. The third-order valence-electron chi connectivity index (χ3n) is 3.98. The quantitative estimate of drug-likeness (QED) is 0.828. The highest BCUT2D eigenvalue weighted by atomic mass is 16.1. The molecule has 0 spiro atoms. The molecule has 20 heavy (non-hydrogen) atoms.